The van der Waals surface area contributed by atoms with Crippen LogP contribution >= 0.6 is 0 Å². The molecule has 0 saturated heterocycles. The Kier molecular flexibility index (Phi) is 4.43. The van der Waals surface area contributed by atoms with Gasteiger partial charge in [0.1, 0.15) is 0 Å². The Morgan fingerprint density at radius 2 is 1.93 bits per heavy atom. The van der Waals surface area contributed by atoms with Gasteiger partial charge in [-0.05, 0) is 19.3 Å². The first-order valence-electron chi connectivity index (χ1n) is 5.97. The number of carbonyl (C=O) groups excluding carboxylic acids is 1. The molecule has 1 fully saturated rings. The Morgan fingerprint density at radius 3 is 2.43 bits per heavy atom. The van der Waals surface area contributed by atoms with Gasteiger partial charge in [-0.3, -0.25) is 4.79 Å². The van der Waals surface area contributed by atoms with Crippen LogP contribution < -0.4 is 5.32 Å². The van der Waals surface area contributed by atoms with E-state index < -0.39 is 0 Å². The van der Waals surface area contributed by atoms with E-state index in [9.17, 15) is 4.79 Å². The van der Waals surface area contributed by atoms with Gasteiger partial charge in [0.15, 0.2) is 0 Å². The molecule has 0 aromatic heterocycles. The highest BCUT2D eigenvalue weighted by Crippen LogP contribution is 2.32. The van der Waals surface area contributed by atoms with E-state index in [1.54, 1.807) is 6.92 Å². The maximum absolute atomic E-state index is 11.2. The minimum Gasteiger partial charge on any atom is -0.351 e. The van der Waals surface area contributed by atoms with Gasteiger partial charge in [-0.2, -0.15) is 0 Å². The smallest absolute Gasteiger partial charge is 0.217 e. The van der Waals surface area contributed by atoms with Crippen molar-refractivity contribution in [3.63, 3.8) is 0 Å². The van der Waals surface area contributed by atoms with E-state index in [0.717, 1.165) is 0 Å². The molecule has 0 atom stereocenters. The van der Waals surface area contributed by atoms with E-state index in [0.29, 0.717) is 0 Å². The van der Waals surface area contributed by atoms with E-state index in [1.165, 1.54) is 51.4 Å². The largest absolute Gasteiger partial charge is 0.351 e. The highest BCUT2D eigenvalue weighted by molar-refractivity contribution is 5.73. The van der Waals surface area contributed by atoms with E-state index in [4.69, 9.17) is 0 Å². The third kappa shape index (κ3) is 3.32. The van der Waals surface area contributed by atoms with Gasteiger partial charge in [0.25, 0.3) is 0 Å². The van der Waals surface area contributed by atoms with Crippen molar-refractivity contribution in [1.82, 2.24) is 5.32 Å². The molecule has 1 rings (SSSR count). The lowest BCUT2D eigenvalue weighted by molar-refractivity contribution is -0.121. The lowest BCUT2D eigenvalue weighted by atomic mass is 9.78. The third-order valence-electron chi connectivity index (χ3n) is 3.26. The second kappa shape index (κ2) is 5.38. The molecule has 0 unspecified atom stereocenters. The molecule has 0 heterocycles. The molecule has 82 valence electrons. The topological polar surface area (TPSA) is 29.1 Å². The molecular formula is C12H23NO. The molecule has 1 aliphatic carbocycles. The number of carbonyl (C=O) groups is 1. The van der Waals surface area contributed by atoms with Crippen LogP contribution in [0.25, 0.3) is 0 Å². The second-order valence-corrected chi connectivity index (χ2v) is 4.63. The van der Waals surface area contributed by atoms with Crippen LogP contribution in [0.4, 0.5) is 0 Å². The standard InChI is InChI=1S/C12H23NO/c1-3-4-8-12(13-11(2)14)9-6-5-7-10-12/h3-10H2,1-2H3,(H,13,14). The zero-order chi connectivity index (χ0) is 10.4. The van der Waals surface area contributed by atoms with Crippen LogP contribution in [-0.2, 0) is 4.79 Å². The van der Waals surface area contributed by atoms with Crippen LogP contribution in [0.1, 0.15) is 65.2 Å². The summed E-state index contributed by atoms with van der Waals surface area (Å²) in [5.41, 5.74) is 0.153. The lowest BCUT2D eigenvalue weighted by Crippen LogP contribution is -2.48. The minimum atomic E-state index is 0.142. The van der Waals surface area contributed by atoms with Crippen molar-refractivity contribution in [2.75, 3.05) is 0 Å². The molecule has 1 saturated carbocycles. The van der Waals surface area contributed by atoms with Gasteiger partial charge in [-0.25, -0.2) is 0 Å². The summed E-state index contributed by atoms with van der Waals surface area (Å²) in [7, 11) is 0. The quantitative estimate of drug-likeness (QED) is 0.737. The van der Waals surface area contributed by atoms with Crippen molar-refractivity contribution in [3.05, 3.63) is 0 Å². The van der Waals surface area contributed by atoms with Crippen molar-refractivity contribution < 1.29 is 4.79 Å². The zero-order valence-corrected chi connectivity index (χ0v) is 9.57. The highest BCUT2D eigenvalue weighted by Gasteiger charge is 2.31. The SMILES string of the molecule is CCCCC1(NC(C)=O)CCCCC1. The van der Waals surface area contributed by atoms with Crippen LogP contribution in [0.2, 0.25) is 0 Å². The predicted octanol–water partition coefficient (Wildman–Crippen LogP) is 3.02. The summed E-state index contributed by atoms with van der Waals surface area (Å²) in [5, 5.41) is 3.19. The van der Waals surface area contributed by atoms with E-state index in [1.807, 2.05) is 0 Å². The Hall–Kier alpha value is -0.530. The van der Waals surface area contributed by atoms with Crippen LogP contribution in [0.3, 0.4) is 0 Å². The molecule has 1 aliphatic rings. The summed E-state index contributed by atoms with van der Waals surface area (Å²) >= 11 is 0. The van der Waals surface area contributed by atoms with Crippen molar-refractivity contribution in [2.24, 2.45) is 0 Å². The maximum Gasteiger partial charge on any atom is 0.217 e. The van der Waals surface area contributed by atoms with Gasteiger partial charge >= 0.3 is 0 Å². The first kappa shape index (κ1) is 11.5. The summed E-state index contributed by atoms with van der Waals surface area (Å²) in [6, 6.07) is 0. The molecule has 2 nitrogen and oxygen atoms in total. The van der Waals surface area contributed by atoms with Crippen LogP contribution in [0.15, 0.2) is 0 Å². The fourth-order valence-electron chi connectivity index (χ4n) is 2.55. The third-order valence-corrected chi connectivity index (χ3v) is 3.26. The number of amides is 1. The minimum absolute atomic E-state index is 0.142. The highest BCUT2D eigenvalue weighted by atomic mass is 16.1. The molecule has 0 spiro atoms. The van der Waals surface area contributed by atoms with Gasteiger partial charge < -0.3 is 5.32 Å². The molecule has 1 amide bonds. The molecule has 1 N–H and O–H groups in total. The average Bonchev–Trinajstić information content (AvgIpc) is 2.15. The number of hydrogen-bond donors (Lipinski definition) is 1. The Labute approximate surface area is 87.5 Å². The molecule has 0 aromatic rings. The fraction of sp³-hybridized carbons (Fsp3) is 0.917. The summed E-state index contributed by atoms with van der Waals surface area (Å²) < 4.78 is 0. The summed E-state index contributed by atoms with van der Waals surface area (Å²) in [6.07, 6.45) is 9.91. The van der Waals surface area contributed by atoms with Crippen LogP contribution in [0, 0.1) is 0 Å². The van der Waals surface area contributed by atoms with Gasteiger partial charge in [0.2, 0.25) is 5.91 Å². The summed E-state index contributed by atoms with van der Waals surface area (Å²) in [5.74, 6) is 0.142. The number of nitrogens with one attached hydrogen (secondary N) is 1. The van der Waals surface area contributed by atoms with E-state index >= 15 is 0 Å². The molecule has 2 heteroatoms. The van der Waals surface area contributed by atoms with Gasteiger partial charge in [-0.1, -0.05) is 39.0 Å². The molecular weight excluding hydrogens is 174 g/mol. The molecule has 0 radical (unpaired) electrons. The zero-order valence-electron chi connectivity index (χ0n) is 9.57. The average molecular weight is 197 g/mol. The van der Waals surface area contributed by atoms with Crippen molar-refractivity contribution in [2.45, 2.75) is 70.8 Å². The van der Waals surface area contributed by atoms with Crippen molar-refractivity contribution >= 4 is 5.91 Å². The second-order valence-electron chi connectivity index (χ2n) is 4.63. The predicted molar refractivity (Wildman–Crippen MR) is 59.2 cm³/mol. The Morgan fingerprint density at radius 1 is 1.29 bits per heavy atom. The first-order chi connectivity index (χ1) is 6.68. The number of unbranched alkanes of at least 4 members (excludes halogenated alkanes) is 1. The lowest BCUT2D eigenvalue weighted by Gasteiger charge is -2.38. The van der Waals surface area contributed by atoms with E-state index in [2.05, 4.69) is 12.2 Å². The van der Waals surface area contributed by atoms with Gasteiger partial charge in [0.05, 0.1) is 0 Å². The van der Waals surface area contributed by atoms with Crippen LogP contribution in [-0.4, -0.2) is 11.4 Å². The van der Waals surface area contributed by atoms with Gasteiger partial charge in [-0.15, -0.1) is 0 Å². The van der Waals surface area contributed by atoms with Gasteiger partial charge in [0, 0.05) is 12.5 Å². The molecule has 14 heavy (non-hydrogen) atoms. The number of rotatable bonds is 4. The Bertz CT molecular complexity index is 183. The molecule has 0 bridgehead atoms. The molecule has 0 aliphatic heterocycles. The van der Waals surface area contributed by atoms with Crippen LogP contribution in [0.5, 0.6) is 0 Å². The summed E-state index contributed by atoms with van der Waals surface area (Å²) in [4.78, 5) is 11.2. The van der Waals surface area contributed by atoms with E-state index in [-0.39, 0.29) is 11.4 Å². The fourth-order valence-corrected chi connectivity index (χ4v) is 2.55. The van der Waals surface area contributed by atoms with Crippen molar-refractivity contribution in [3.8, 4) is 0 Å². The Balaban J connectivity index is 2.52. The number of hydrogen-bond acceptors (Lipinski definition) is 1. The molecule has 0 aromatic carbocycles. The summed E-state index contributed by atoms with van der Waals surface area (Å²) in [6.45, 7) is 3.85. The monoisotopic (exact) mass is 197 g/mol. The first-order valence-corrected chi connectivity index (χ1v) is 5.97. The van der Waals surface area contributed by atoms with Crippen molar-refractivity contribution in [1.29, 1.82) is 0 Å². The normalized spacial score (nSPS) is 20.4. The maximum atomic E-state index is 11.2.